The topological polar surface area (TPSA) is 43.1 Å². The molecular weight excluding hydrogens is 199 g/mol. The Balaban J connectivity index is 3.41. The van der Waals surface area contributed by atoms with Crippen LogP contribution in [-0.2, 0) is 0 Å². The lowest BCUT2D eigenvalue weighted by molar-refractivity contribution is -0.388. The number of hydrogen-bond acceptors (Lipinski definition) is 2. The number of nitrogens with zero attached hydrogens (tertiary/aromatic N) is 1. The fourth-order valence-electron chi connectivity index (χ4n) is 1.14. The van der Waals surface area contributed by atoms with Crippen LogP contribution in [0.4, 0.5) is 18.9 Å². The van der Waals surface area contributed by atoms with Gasteiger partial charge in [-0.25, -0.2) is 8.78 Å². The second kappa shape index (κ2) is 3.65. The van der Waals surface area contributed by atoms with E-state index in [0.717, 1.165) is 13.0 Å². The van der Waals surface area contributed by atoms with Crippen molar-refractivity contribution in [2.24, 2.45) is 0 Å². The third-order valence-electron chi connectivity index (χ3n) is 1.84. The van der Waals surface area contributed by atoms with Gasteiger partial charge in [-0.1, -0.05) is 0 Å². The zero-order valence-corrected chi connectivity index (χ0v) is 7.13. The maximum absolute atomic E-state index is 12.9. The Morgan fingerprint density at radius 1 is 1.43 bits per heavy atom. The molecule has 0 aliphatic rings. The number of alkyl halides is 2. The largest absolute Gasteiger partial charge is 0.308 e. The predicted octanol–water partition coefficient (Wildman–Crippen LogP) is 2.98. The molecule has 0 bridgehead atoms. The molecular formula is C8H6F3NO2. The SMILES string of the molecule is Cc1c(C(F)F)ccc(F)c1[N+](=O)[O-]. The van der Waals surface area contributed by atoms with Crippen LogP contribution in [0.25, 0.3) is 0 Å². The van der Waals surface area contributed by atoms with Gasteiger partial charge in [0.1, 0.15) is 0 Å². The number of hydrogen-bond donors (Lipinski definition) is 0. The molecule has 0 aliphatic heterocycles. The standard InChI is InChI=1S/C8H6F3NO2/c1-4-5(8(10)11)2-3-6(9)7(4)12(13)14/h2-3,8H,1H3. The zero-order chi connectivity index (χ0) is 10.9. The molecule has 0 N–H and O–H groups in total. The maximum Gasteiger partial charge on any atom is 0.308 e. The second-order valence-corrected chi connectivity index (χ2v) is 2.67. The molecule has 0 radical (unpaired) electrons. The first-order valence-electron chi connectivity index (χ1n) is 3.66. The molecule has 14 heavy (non-hydrogen) atoms. The maximum atomic E-state index is 12.9. The molecule has 1 aromatic carbocycles. The van der Waals surface area contributed by atoms with Crippen LogP contribution < -0.4 is 0 Å². The van der Waals surface area contributed by atoms with Crippen molar-refractivity contribution in [1.82, 2.24) is 0 Å². The average molecular weight is 205 g/mol. The van der Waals surface area contributed by atoms with Gasteiger partial charge in [-0.05, 0) is 19.1 Å². The Bertz CT molecular complexity index is 379. The van der Waals surface area contributed by atoms with E-state index in [4.69, 9.17) is 0 Å². The Morgan fingerprint density at radius 3 is 2.43 bits per heavy atom. The van der Waals surface area contributed by atoms with Crippen molar-refractivity contribution < 1.29 is 18.1 Å². The molecule has 0 saturated heterocycles. The van der Waals surface area contributed by atoms with Crippen molar-refractivity contribution >= 4 is 5.69 Å². The fourth-order valence-corrected chi connectivity index (χ4v) is 1.14. The summed E-state index contributed by atoms with van der Waals surface area (Å²) < 4.78 is 37.4. The van der Waals surface area contributed by atoms with Gasteiger partial charge in [0, 0.05) is 11.1 Å². The Kier molecular flexibility index (Phi) is 2.73. The summed E-state index contributed by atoms with van der Waals surface area (Å²) >= 11 is 0. The zero-order valence-electron chi connectivity index (χ0n) is 7.13. The van der Waals surface area contributed by atoms with Crippen molar-refractivity contribution in [3.8, 4) is 0 Å². The van der Waals surface area contributed by atoms with Gasteiger partial charge in [0.25, 0.3) is 6.43 Å². The molecule has 0 heterocycles. The highest BCUT2D eigenvalue weighted by atomic mass is 19.3. The minimum atomic E-state index is -2.84. The van der Waals surface area contributed by atoms with Gasteiger partial charge in [-0.2, -0.15) is 4.39 Å². The summed E-state index contributed by atoms with van der Waals surface area (Å²) in [6.07, 6.45) is -2.84. The summed E-state index contributed by atoms with van der Waals surface area (Å²) in [4.78, 5) is 9.33. The summed E-state index contributed by atoms with van der Waals surface area (Å²) in [5.41, 5.74) is -1.73. The molecule has 0 fully saturated rings. The first-order chi connectivity index (χ1) is 6.45. The minimum Gasteiger partial charge on any atom is -0.258 e. The van der Waals surface area contributed by atoms with Gasteiger partial charge in [0.15, 0.2) is 0 Å². The van der Waals surface area contributed by atoms with Crippen LogP contribution in [0.1, 0.15) is 17.6 Å². The first-order valence-corrected chi connectivity index (χ1v) is 3.66. The molecule has 0 spiro atoms. The van der Waals surface area contributed by atoms with Crippen molar-refractivity contribution in [3.63, 3.8) is 0 Å². The number of halogens is 3. The lowest BCUT2D eigenvalue weighted by Crippen LogP contribution is -2.00. The molecule has 76 valence electrons. The highest BCUT2D eigenvalue weighted by Crippen LogP contribution is 2.30. The average Bonchev–Trinajstić information content (AvgIpc) is 2.02. The number of benzene rings is 1. The lowest BCUT2D eigenvalue weighted by Gasteiger charge is -2.05. The van der Waals surface area contributed by atoms with E-state index in [2.05, 4.69) is 0 Å². The highest BCUT2D eigenvalue weighted by molar-refractivity contribution is 5.46. The molecule has 1 rings (SSSR count). The van der Waals surface area contributed by atoms with E-state index in [1.807, 2.05) is 0 Å². The van der Waals surface area contributed by atoms with Gasteiger partial charge < -0.3 is 0 Å². The smallest absolute Gasteiger partial charge is 0.258 e. The van der Waals surface area contributed by atoms with E-state index < -0.39 is 28.4 Å². The molecule has 1 aromatic rings. The van der Waals surface area contributed by atoms with Crippen LogP contribution in [0.5, 0.6) is 0 Å². The Labute approximate surface area is 77.3 Å². The van der Waals surface area contributed by atoms with Gasteiger partial charge in [-0.3, -0.25) is 10.1 Å². The quantitative estimate of drug-likeness (QED) is 0.550. The summed E-state index contributed by atoms with van der Waals surface area (Å²) in [7, 11) is 0. The van der Waals surface area contributed by atoms with E-state index >= 15 is 0 Å². The van der Waals surface area contributed by atoms with Gasteiger partial charge in [0.2, 0.25) is 5.82 Å². The molecule has 0 aliphatic carbocycles. The van der Waals surface area contributed by atoms with Gasteiger partial charge >= 0.3 is 5.69 Å². The molecule has 0 amide bonds. The van der Waals surface area contributed by atoms with Gasteiger partial charge in [-0.15, -0.1) is 0 Å². The van der Waals surface area contributed by atoms with Crippen molar-refractivity contribution in [3.05, 3.63) is 39.2 Å². The van der Waals surface area contributed by atoms with Crippen LogP contribution in [-0.4, -0.2) is 4.92 Å². The van der Waals surface area contributed by atoms with E-state index in [9.17, 15) is 23.3 Å². The summed E-state index contributed by atoms with van der Waals surface area (Å²) in [6, 6.07) is 1.52. The van der Waals surface area contributed by atoms with E-state index in [1.54, 1.807) is 0 Å². The molecule has 0 atom stereocenters. The monoisotopic (exact) mass is 205 g/mol. The minimum absolute atomic E-state index is 0.329. The van der Waals surface area contributed by atoms with Crippen molar-refractivity contribution in [1.29, 1.82) is 0 Å². The summed E-state index contributed by atoms with van der Waals surface area (Å²) in [5, 5.41) is 10.3. The fraction of sp³-hybridized carbons (Fsp3) is 0.250. The van der Waals surface area contributed by atoms with E-state index in [-0.39, 0.29) is 5.56 Å². The highest BCUT2D eigenvalue weighted by Gasteiger charge is 2.23. The summed E-state index contributed by atoms with van der Waals surface area (Å²) in [6.45, 7) is 1.10. The van der Waals surface area contributed by atoms with E-state index in [1.165, 1.54) is 0 Å². The molecule has 3 nitrogen and oxygen atoms in total. The lowest BCUT2D eigenvalue weighted by atomic mass is 10.1. The summed E-state index contributed by atoms with van der Waals surface area (Å²) in [5.74, 6) is -1.10. The Hall–Kier alpha value is -1.59. The predicted molar refractivity (Wildman–Crippen MR) is 42.7 cm³/mol. The van der Waals surface area contributed by atoms with Crippen LogP contribution >= 0.6 is 0 Å². The van der Waals surface area contributed by atoms with Crippen LogP contribution in [0.2, 0.25) is 0 Å². The van der Waals surface area contributed by atoms with Crippen LogP contribution in [0.15, 0.2) is 12.1 Å². The third-order valence-corrected chi connectivity index (χ3v) is 1.84. The van der Waals surface area contributed by atoms with Crippen molar-refractivity contribution in [2.75, 3.05) is 0 Å². The first kappa shape index (κ1) is 10.5. The normalized spacial score (nSPS) is 10.6. The number of nitro groups is 1. The van der Waals surface area contributed by atoms with Crippen LogP contribution in [0, 0.1) is 22.9 Å². The van der Waals surface area contributed by atoms with E-state index in [0.29, 0.717) is 6.07 Å². The molecule has 0 aromatic heterocycles. The molecule has 0 saturated carbocycles. The molecule has 6 heteroatoms. The second-order valence-electron chi connectivity index (χ2n) is 2.67. The molecule has 0 unspecified atom stereocenters. The van der Waals surface area contributed by atoms with Crippen molar-refractivity contribution in [2.45, 2.75) is 13.3 Å². The van der Waals surface area contributed by atoms with Crippen LogP contribution in [0.3, 0.4) is 0 Å². The number of rotatable bonds is 2. The Morgan fingerprint density at radius 2 is 2.00 bits per heavy atom. The van der Waals surface area contributed by atoms with Gasteiger partial charge in [0.05, 0.1) is 4.92 Å². The number of nitro benzene ring substituents is 1. The third kappa shape index (κ3) is 1.68.